The van der Waals surface area contributed by atoms with Crippen LogP contribution in [-0.2, 0) is 0 Å². The first-order valence-electron chi connectivity index (χ1n) is 6.02. The molecule has 0 amide bonds. The predicted molar refractivity (Wildman–Crippen MR) is 82.7 cm³/mol. The van der Waals surface area contributed by atoms with Crippen LogP contribution in [0.4, 0.5) is 0 Å². The lowest BCUT2D eigenvalue weighted by Crippen LogP contribution is -1.84. The largest absolute Gasteiger partial charge is 0.151 e. The minimum absolute atomic E-state index is 0.972. The first-order chi connectivity index (χ1) is 8.81. The van der Waals surface area contributed by atoms with Crippen LogP contribution in [0, 0.1) is 11.8 Å². The third-order valence-electron chi connectivity index (χ3n) is 2.23. The molecule has 0 aliphatic rings. The minimum Gasteiger partial charge on any atom is -0.151 e. The van der Waals surface area contributed by atoms with Crippen LogP contribution in [0.5, 0.6) is 0 Å². The van der Waals surface area contributed by atoms with Gasteiger partial charge in [0.2, 0.25) is 0 Å². The van der Waals surface area contributed by atoms with Gasteiger partial charge in [-0.15, -0.1) is 0 Å². The summed E-state index contributed by atoms with van der Waals surface area (Å²) in [5, 5.41) is 4.10. The summed E-state index contributed by atoms with van der Waals surface area (Å²) in [5.74, 6) is 6.43. The lowest BCUT2D eigenvalue weighted by molar-refractivity contribution is 1.21. The fourth-order valence-corrected chi connectivity index (χ4v) is 2.05. The molecule has 0 aliphatic carbocycles. The van der Waals surface area contributed by atoms with Gasteiger partial charge in [0.05, 0.1) is 0 Å². The van der Waals surface area contributed by atoms with Crippen LogP contribution in [0.1, 0.15) is 25.8 Å². The van der Waals surface area contributed by atoms with Crippen LogP contribution in [-0.4, -0.2) is 0 Å². The Bertz CT molecular complexity index is 514. The Morgan fingerprint density at radius 1 is 1.50 bits per heavy atom. The van der Waals surface area contributed by atoms with Gasteiger partial charge in [-0.2, -0.15) is 11.3 Å². The van der Waals surface area contributed by atoms with Gasteiger partial charge in [0.1, 0.15) is 0 Å². The fraction of sp³-hybridized carbons (Fsp3) is 0.176. The Balaban J connectivity index is 3.06. The van der Waals surface area contributed by atoms with E-state index in [4.69, 9.17) is 0 Å². The van der Waals surface area contributed by atoms with Crippen LogP contribution < -0.4 is 0 Å². The van der Waals surface area contributed by atoms with E-state index in [0.717, 1.165) is 23.1 Å². The Labute approximate surface area is 114 Å². The molecular weight excluding hydrogens is 236 g/mol. The molecule has 0 fully saturated rings. The Morgan fingerprint density at radius 3 is 2.89 bits per heavy atom. The predicted octanol–water partition coefficient (Wildman–Crippen LogP) is 5.12. The molecule has 0 saturated carbocycles. The van der Waals surface area contributed by atoms with Gasteiger partial charge in [-0.25, -0.2) is 0 Å². The third-order valence-corrected chi connectivity index (χ3v) is 2.91. The number of allylic oxidation sites excluding steroid dienone is 7. The topological polar surface area (TPSA) is 0 Å². The van der Waals surface area contributed by atoms with Crippen molar-refractivity contribution in [3.8, 4) is 11.8 Å². The summed E-state index contributed by atoms with van der Waals surface area (Å²) in [5.41, 5.74) is 3.24. The molecule has 0 N–H and O–H groups in total. The number of hydrogen-bond acceptors (Lipinski definition) is 1. The van der Waals surface area contributed by atoms with E-state index in [9.17, 15) is 0 Å². The molecule has 0 nitrogen and oxygen atoms in total. The van der Waals surface area contributed by atoms with E-state index in [2.05, 4.69) is 42.9 Å². The second kappa shape index (κ2) is 8.33. The van der Waals surface area contributed by atoms with Crippen molar-refractivity contribution in [3.63, 3.8) is 0 Å². The van der Waals surface area contributed by atoms with Crippen molar-refractivity contribution < 1.29 is 0 Å². The van der Waals surface area contributed by atoms with Gasteiger partial charge in [-0.1, -0.05) is 55.7 Å². The maximum absolute atomic E-state index is 3.75. The van der Waals surface area contributed by atoms with Gasteiger partial charge in [0.15, 0.2) is 0 Å². The molecule has 0 spiro atoms. The molecule has 0 radical (unpaired) electrons. The van der Waals surface area contributed by atoms with Gasteiger partial charge in [0.25, 0.3) is 0 Å². The summed E-state index contributed by atoms with van der Waals surface area (Å²) in [6.07, 6.45) is 11.0. The van der Waals surface area contributed by atoms with Crippen molar-refractivity contribution in [3.05, 3.63) is 70.5 Å². The molecule has 0 aromatic carbocycles. The fourth-order valence-electron chi connectivity index (χ4n) is 1.46. The molecule has 0 atom stereocenters. The lowest BCUT2D eigenvalue weighted by Gasteiger charge is -2.00. The van der Waals surface area contributed by atoms with Gasteiger partial charge in [-0.05, 0) is 30.4 Å². The lowest BCUT2D eigenvalue weighted by atomic mass is 10.0. The highest BCUT2D eigenvalue weighted by atomic mass is 32.1. The molecule has 18 heavy (non-hydrogen) atoms. The maximum Gasteiger partial charge on any atom is 0.0356 e. The molecule has 0 saturated heterocycles. The van der Waals surface area contributed by atoms with Gasteiger partial charge >= 0.3 is 0 Å². The molecule has 0 unspecified atom stereocenters. The SMILES string of the molecule is C=C/C=C(\C=C/C)C(/C#Cc1ccsc1)=C\CC. The molecule has 92 valence electrons. The van der Waals surface area contributed by atoms with Crippen LogP contribution in [0.2, 0.25) is 0 Å². The summed E-state index contributed by atoms with van der Waals surface area (Å²) in [6, 6.07) is 2.04. The quantitative estimate of drug-likeness (QED) is 0.516. The second-order valence-electron chi connectivity index (χ2n) is 3.65. The van der Waals surface area contributed by atoms with E-state index in [-0.39, 0.29) is 0 Å². The smallest absolute Gasteiger partial charge is 0.0356 e. The van der Waals surface area contributed by atoms with Gasteiger partial charge < -0.3 is 0 Å². The van der Waals surface area contributed by atoms with Crippen molar-refractivity contribution >= 4 is 11.3 Å². The van der Waals surface area contributed by atoms with Crippen LogP contribution in [0.25, 0.3) is 0 Å². The molecular formula is C17H18S. The number of hydrogen-bond donors (Lipinski definition) is 0. The second-order valence-corrected chi connectivity index (χ2v) is 4.43. The molecule has 0 bridgehead atoms. The van der Waals surface area contributed by atoms with Crippen molar-refractivity contribution in [2.45, 2.75) is 20.3 Å². The average Bonchev–Trinajstić information content (AvgIpc) is 2.87. The third kappa shape index (κ3) is 4.61. The van der Waals surface area contributed by atoms with E-state index < -0.39 is 0 Å². The average molecular weight is 254 g/mol. The summed E-state index contributed by atoms with van der Waals surface area (Å²) in [6.45, 7) is 7.88. The summed E-state index contributed by atoms with van der Waals surface area (Å²) < 4.78 is 0. The summed E-state index contributed by atoms with van der Waals surface area (Å²) in [4.78, 5) is 0. The van der Waals surface area contributed by atoms with Crippen molar-refractivity contribution in [1.29, 1.82) is 0 Å². The van der Waals surface area contributed by atoms with Crippen molar-refractivity contribution in [2.75, 3.05) is 0 Å². The first-order valence-corrected chi connectivity index (χ1v) is 6.96. The molecule has 1 rings (SSSR count). The maximum atomic E-state index is 3.75. The van der Waals surface area contributed by atoms with Crippen LogP contribution >= 0.6 is 11.3 Å². The molecule has 1 heterocycles. The zero-order valence-corrected chi connectivity index (χ0v) is 11.8. The van der Waals surface area contributed by atoms with E-state index >= 15 is 0 Å². The van der Waals surface area contributed by atoms with Crippen LogP contribution in [0.3, 0.4) is 0 Å². The van der Waals surface area contributed by atoms with Gasteiger partial charge in [0, 0.05) is 16.5 Å². The summed E-state index contributed by atoms with van der Waals surface area (Å²) in [7, 11) is 0. The zero-order valence-electron chi connectivity index (χ0n) is 10.9. The Morgan fingerprint density at radius 2 is 2.33 bits per heavy atom. The van der Waals surface area contributed by atoms with Crippen molar-refractivity contribution in [1.82, 2.24) is 0 Å². The van der Waals surface area contributed by atoms with Gasteiger partial charge in [-0.3, -0.25) is 0 Å². The zero-order chi connectivity index (χ0) is 13.2. The molecule has 0 aliphatic heterocycles. The van der Waals surface area contributed by atoms with E-state index in [1.807, 2.05) is 30.5 Å². The van der Waals surface area contributed by atoms with Crippen LogP contribution in [0.15, 0.2) is 64.9 Å². The normalized spacial score (nSPS) is 12.3. The van der Waals surface area contributed by atoms with E-state index in [1.165, 1.54) is 0 Å². The van der Waals surface area contributed by atoms with E-state index in [0.29, 0.717) is 0 Å². The molecule has 1 aromatic rings. The standard InChI is InChI=1S/C17H18S/c1-4-7-16(8-5-2)17(9-6-3)11-10-15-12-13-18-14-15/h4-5,7-9,12-14H,1,6H2,2-3H3/b8-5-,16-7+,17-9-. The minimum atomic E-state index is 0.972. The monoisotopic (exact) mass is 254 g/mol. The number of rotatable bonds is 4. The molecule has 1 heteroatoms. The van der Waals surface area contributed by atoms with E-state index in [1.54, 1.807) is 17.4 Å². The van der Waals surface area contributed by atoms with Crippen molar-refractivity contribution in [2.24, 2.45) is 0 Å². The highest BCUT2D eigenvalue weighted by Crippen LogP contribution is 2.13. The Hall–Kier alpha value is -1.78. The summed E-state index contributed by atoms with van der Waals surface area (Å²) >= 11 is 1.67. The number of thiophene rings is 1. The highest BCUT2D eigenvalue weighted by molar-refractivity contribution is 7.08. The molecule has 1 aromatic heterocycles. The first kappa shape index (κ1) is 14.3. The Kier molecular flexibility index (Phi) is 6.61. The highest BCUT2D eigenvalue weighted by Gasteiger charge is 1.97.